The normalized spacial score (nSPS) is 21.5. The molecule has 0 bridgehead atoms. The van der Waals surface area contributed by atoms with Crippen LogP contribution < -0.4 is 10.2 Å². The summed E-state index contributed by atoms with van der Waals surface area (Å²) in [5, 5.41) is 14.9. The summed E-state index contributed by atoms with van der Waals surface area (Å²) in [6.45, 7) is 2.73. The summed E-state index contributed by atoms with van der Waals surface area (Å²) in [5.74, 6) is 4.17. The molecule has 3 N–H and O–H groups in total. The SMILES string of the molecule is Clc1cccc(CCNc2nccc(-c3ncc(N4CC5C(C4)C5c4cn[nH]n4)[nH]3)n2)c1. The first-order valence-corrected chi connectivity index (χ1v) is 11.1. The van der Waals surface area contributed by atoms with Crippen LogP contribution in [-0.2, 0) is 6.42 Å². The van der Waals surface area contributed by atoms with Gasteiger partial charge in [-0.1, -0.05) is 23.7 Å². The summed E-state index contributed by atoms with van der Waals surface area (Å²) in [5.41, 5.74) is 3.02. The molecule has 0 spiro atoms. The molecule has 2 aliphatic rings. The van der Waals surface area contributed by atoms with Crippen LogP contribution in [0.5, 0.6) is 0 Å². The molecule has 2 fully saturated rings. The summed E-state index contributed by atoms with van der Waals surface area (Å²) >= 11 is 6.05. The molecule has 1 saturated heterocycles. The van der Waals surface area contributed by atoms with Gasteiger partial charge in [0.15, 0.2) is 5.82 Å². The predicted octanol–water partition coefficient (Wildman–Crippen LogP) is 3.14. The van der Waals surface area contributed by atoms with E-state index in [0.717, 1.165) is 54.1 Å². The van der Waals surface area contributed by atoms with Gasteiger partial charge in [-0.3, -0.25) is 0 Å². The zero-order chi connectivity index (χ0) is 21.5. The average Bonchev–Trinajstić information content (AvgIpc) is 3.34. The number of nitrogens with one attached hydrogen (secondary N) is 3. The van der Waals surface area contributed by atoms with Gasteiger partial charge < -0.3 is 15.2 Å². The van der Waals surface area contributed by atoms with E-state index in [0.29, 0.717) is 23.7 Å². The van der Waals surface area contributed by atoms with Gasteiger partial charge in [-0.15, -0.1) is 0 Å². The van der Waals surface area contributed by atoms with Crippen LogP contribution in [0, 0.1) is 11.8 Å². The van der Waals surface area contributed by atoms with Crippen LogP contribution in [-0.4, -0.2) is 55.0 Å². The highest BCUT2D eigenvalue weighted by molar-refractivity contribution is 6.30. The topological polar surface area (TPSA) is 111 Å². The highest BCUT2D eigenvalue weighted by Gasteiger charge is 2.57. The Balaban J connectivity index is 1.08. The minimum absolute atomic E-state index is 0.537. The molecular formula is C22H22ClN9. The summed E-state index contributed by atoms with van der Waals surface area (Å²) < 4.78 is 0. The van der Waals surface area contributed by atoms with Gasteiger partial charge in [-0.05, 0) is 42.0 Å². The molecule has 1 aliphatic carbocycles. The molecule has 2 unspecified atom stereocenters. The third-order valence-corrected chi connectivity index (χ3v) is 6.59. The molecule has 6 rings (SSSR count). The number of anilines is 2. The largest absolute Gasteiger partial charge is 0.356 e. The Morgan fingerprint density at radius 3 is 2.84 bits per heavy atom. The van der Waals surface area contributed by atoms with Gasteiger partial charge in [-0.2, -0.15) is 15.4 Å². The van der Waals surface area contributed by atoms with Crippen LogP contribution in [0.25, 0.3) is 11.5 Å². The van der Waals surface area contributed by atoms with Gasteiger partial charge in [0, 0.05) is 36.8 Å². The lowest BCUT2D eigenvalue weighted by molar-refractivity contribution is 0.729. The molecule has 1 aromatic carbocycles. The van der Waals surface area contributed by atoms with E-state index in [9.17, 15) is 0 Å². The summed E-state index contributed by atoms with van der Waals surface area (Å²) in [6.07, 6.45) is 6.32. The number of hydrogen-bond donors (Lipinski definition) is 3. The number of aromatic amines is 2. The van der Waals surface area contributed by atoms with Crippen molar-refractivity contribution in [3.05, 3.63) is 65.2 Å². The Labute approximate surface area is 189 Å². The smallest absolute Gasteiger partial charge is 0.223 e. The fourth-order valence-corrected chi connectivity index (χ4v) is 4.94. The van der Waals surface area contributed by atoms with Crippen molar-refractivity contribution in [2.75, 3.05) is 29.9 Å². The molecule has 3 aromatic heterocycles. The van der Waals surface area contributed by atoms with Gasteiger partial charge in [0.05, 0.1) is 18.1 Å². The van der Waals surface area contributed by atoms with Crippen LogP contribution >= 0.6 is 11.6 Å². The fraction of sp³-hybridized carbons (Fsp3) is 0.318. The number of imidazole rings is 1. The molecule has 4 aromatic rings. The van der Waals surface area contributed by atoms with Crippen molar-refractivity contribution in [1.29, 1.82) is 0 Å². The number of piperidine rings is 1. The first-order valence-electron chi connectivity index (χ1n) is 10.7. The maximum absolute atomic E-state index is 6.05. The van der Waals surface area contributed by atoms with E-state index >= 15 is 0 Å². The van der Waals surface area contributed by atoms with E-state index in [2.05, 4.69) is 51.6 Å². The molecule has 0 radical (unpaired) electrons. The van der Waals surface area contributed by atoms with Gasteiger partial charge in [0.2, 0.25) is 5.95 Å². The second-order valence-electron chi connectivity index (χ2n) is 8.34. The number of fused-ring (bicyclic) bond motifs is 1. The van der Waals surface area contributed by atoms with Crippen LogP contribution in [0.15, 0.2) is 48.9 Å². The number of halogens is 1. The zero-order valence-electron chi connectivity index (χ0n) is 17.2. The molecule has 4 heterocycles. The van der Waals surface area contributed by atoms with Gasteiger partial charge >= 0.3 is 0 Å². The number of nitrogens with zero attached hydrogens (tertiary/aromatic N) is 6. The zero-order valence-corrected chi connectivity index (χ0v) is 18.0. The number of aromatic nitrogens is 7. The molecule has 1 saturated carbocycles. The quantitative estimate of drug-likeness (QED) is 0.399. The van der Waals surface area contributed by atoms with Crippen LogP contribution in [0.3, 0.4) is 0 Å². The third-order valence-electron chi connectivity index (χ3n) is 6.36. The van der Waals surface area contributed by atoms with Crippen molar-refractivity contribution >= 4 is 23.4 Å². The summed E-state index contributed by atoms with van der Waals surface area (Å²) in [7, 11) is 0. The third kappa shape index (κ3) is 3.69. The molecular weight excluding hydrogens is 426 g/mol. The first-order chi connectivity index (χ1) is 15.7. The molecule has 32 heavy (non-hydrogen) atoms. The van der Waals surface area contributed by atoms with Gasteiger partial charge in [0.1, 0.15) is 11.5 Å². The molecule has 9 nitrogen and oxygen atoms in total. The molecule has 10 heteroatoms. The predicted molar refractivity (Wildman–Crippen MR) is 122 cm³/mol. The monoisotopic (exact) mass is 447 g/mol. The van der Waals surface area contributed by atoms with E-state index in [1.807, 2.05) is 36.7 Å². The standard InChI is InChI=1S/C22H22ClN9/c23-14-3-1-2-13(8-14)4-6-24-22-25-7-5-17(28-22)21-26-10-19(29-21)32-11-15-16(12-32)20(15)18-9-27-31-30-18/h1-3,5,7-10,15-16,20H,4,6,11-12H2,(H,26,29)(H,24,25,28)(H,27,30,31). The number of rotatable bonds is 7. The minimum atomic E-state index is 0.537. The van der Waals surface area contributed by atoms with E-state index in [1.54, 1.807) is 6.20 Å². The van der Waals surface area contributed by atoms with E-state index in [1.165, 1.54) is 5.56 Å². The Morgan fingerprint density at radius 2 is 2.03 bits per heavy atom. The summed E-state index contributed by atoms with van der Waals surface area (Å²) in [4.78, 5) is 19.3. The number of H-pyrrole nitrogens is 2. The lowest BCUT2D eigenvalue weighted by Gasteiger charge is -2.19. The Bertz CT molecular complexity index is 1210. The number of benzene rings is 1. The highest BCUT2D eigenvalue weighted by atomic mass is 35.5. The second-order valence-corrected chi connectivity index (χ2v) is 8.78. The first kappa shape index (κ1) is 19.2. The van der Waals surface area contributed by atoms with Crippen LogP contribution in [0.1, 0.15) is 17.2 Å². The van der Waals surface area contributed by atoms with Crippen molar-refractivity contribution in [2.24, 2.45) is 11.8 Å². The maximum Gasteiger partial charge on any atom is 0.223 e. The van der Waals surface area contributed by atoms with Gasteiger partial charge in [0.25, 0.3) is 0 Å². The second kappa shape index (κ2) is 7.90. The van der Waals surface area contributed by atoms with Crippen molar-refractivity contribution in [3.8, 4) is 11.5 Å². The van der Waals surface area contributed by atoms with E-state index in [-0.39, 0.29) is 0 Å². The number of hydrogen-bond acceptors (Lipinski definition) is 7. The van der Waals surface area contributed by atoms with E-state index in [4.69, 9.17) is 11.6 Å². The molecule has 2 atom stereocenters. The fourth-order valence-electron chi connectivity index (χ4n) is 4.72. The maximum atomic E-state index is 6.05. The van der Waals surface area contributed by atoms with Crippen LogP contribution in [0.2, 0.25) is 5.02 Å². The van der Waals surface area contributed by atoms with Gasteiger partial charge in [-0.25, -0.2) is 15.0 Å². The highest BCUT2D eigenvalue weighted by Crippen LogP contribution is 2.57. The van der Waals surface area contributed by atoms with Crippen molar-refractivity contribution in [3.63, 3.8) is 0 Å². The Morgan fingerprint density at radius 1 is 1.12 bits per heavy atom. The van der Waals surface area contributed by atoms with Crippen LogP contribution in [0.4, 0.5) is 11.8 Å². The minimum Gasteiger partial charge on any atom is -0.356 e. The summed E-state index contributed by atoms with van der Waals surface area (Å²) in [6, 6.07) is 9.74. The Hall–Kier alpha value is -3.46. The molecule has 0 amide bonds. The lowest BCUT2D eigenvalue weighted by atomic mass is 10.1. The van der Waals surface area contributed by atoms with Crippen molar-refractivity contribution in [1.82, 2.24) is 35.3 Å². The van der Waals surface area contributed by atoms with Crippen molar-refractivity contribution < 1.29 is 0 Å². The molecule has 162 valence electrons. The van der Waals surface area contributed by atoms with E-state index < -0.39 is 0 Å². The lowest BCUT2D eigenvalue weighted by Crippen LogP contribution is -2.23. The van der Waals surface area contributed by atoms with Crippen molar-refractivity contribution in [2.45, 2.75) is 12.3 Å². The average molecular weight is 448 g/mol. The molecule has 1 aliphatic heterocycles. The Kier molecular flexibility index (Phi) is 4.75.